The normalized spacial score (nSPS) is 11.2. The maximum atomic E-state index is 11.7. The lowest BCUT2D eigenvalue weighted by Gasteiger charge is -2.09. The van der Waals surface area contributed by atoms with Crippen LogP contribution in [0.5, 0.6) is 5.75 Å². The first kappa shape index (κ1) is 40.3. The van der Waals surface area contributed by atoms with E-state index in [1.165, 1.54) is 76.2 Å². The first-order valence-corrected chi connectivity index (χ1v) is 17.5. The van der Waals surface area contributed by atoms with Gasteiger partial charge in [0, 0.05) is 6.42 Å². The fraction of sp³-hybridized carbons (Fsp3) is 0.806. The number of hydrogen-bond donors (Lipinski definition) is 0. The molecule has 0 bridgehead atoms. The Labute approximate surface area is 268 Å². The summed E-state index contributed by atoms with van der Waals surface area (Å²) in [5.41, 5.74) is 1.38. The van der Waals surface area contributed by atoms with Gasteiger partial charge < -0.3 is 33.2 Å². The Hall–Kier alpha value is -1.71. The third-order valence-corrected chi connectivity index (χ3v) is 7.20. The van der Waals surface area contributed by atoms with Crippen molar-refractivity contribution in [2.24, 2.45) is 0 Å². The molecule has 0 spiro atoms. The van der Waals surface area contributed by atoms with Crippen molar-refractivity contribution in [3.8, 4) is 5.75 Å². The number of carbonyl (C=O) groups excluding carboxylic acids is 1. The van der Waals surface area contributed by atoms with Crippen molar-refractivity contribution < 1.29 is 38.0 Å². The van der Waals surface area contributed by atoms with Crippen LogP contribution in [0.1, 0.15) is 109 Å². The van der Waals surface area contributed by atoms with Crippen molar-refractivity contribution in [2.75, 3.05) is 79.3 Å². The van der Waals surface area contributed by atoms with Gasteiger partial charge in [0.25, 0.3) is 0 Å². The molecule has 0 heterocycles. The Balaban J connectivity index is 1.76. The molecule has 0 atom stereocenters. The number of benzene rings is 1. The minimum atomic E-state index is -0.135. The van der Waals surface area contributed by atoms with Crippen LogP contribution in [0.4, 0.5) is 0 Å². The quantitative estimate of drug-likeness (QED) is 0.0569. The van der Waals surface area contributed by atoms with E-state index >= 15 is 0 Å². The van der Waals surface area contributed by atoms with Crippen molar-refractivity contribution in [2.45, 2.75) is 110 Å². The summed E-state index contributed by atoms with van der Waals surface area (Å²) in [5.74, 6) is 0.753. The molecule has 0 unspecified atom stereocenters. The maximum absolute atomic E-state index is 11.7. The second-order valence-corrected chi connectivity index (χ2v) is 11.2. The summed E-state index contributed by atoms with van der Waals surface area (Å²) in [6.45, 7) is 10.3. The fourth-order valence-electron chi connectivity index (χ4n) is 4.57. The molecule has 0 radical (unpaired) electrons. The summed E-state index contributed by atoms with van der Waals surface area (Å²) in [7, 11) is 0. The summed E-state index contributed by atoms with van der Waals surface area (Å²) in [4.78, 5) is 11.7. The van der Waals surface area contributed by atoms with E-state index in [4.69, 9.17) is 33.2 Å². The number of esters is 1. The SMILES string of the molecule is CCCCCCCCCc1ccc(OCCOCCOCCOCCOCCOCCOC(=O)CCCCCCCC)cc1. The molecule has 0 aliphatic rings. The molecule has 1 aromatic rings. The van der Waals surface area contributed by atoms with Crippen LogP contribution in [0.15, 0.2) is 24.3 Å². The van der Waals surface area contributed by atoms with Gasteiger partial charge in [-0.1, -0.05) is 96.6 Å². The van der Waals surface area contributed by atoms with Crippen LogP contribution < -0.4 is 4.74 Å². The van der Waals surface area contributed by atoms with E-state index in [2.05, 4.69) is 38.1 Å². The lowest BCUT2D eigenvalue weighted by molar-refractivity contribution is -0.145. The van der Waals surface area contributed by atoms with Crippen LogP contribution in [-0.4, -0.2) is 85.3 Å². The minimum absolute atomic E-state index is 0.135. The summed E-state index contributed by atoms with van der Waals surface area (Å²) in [6, 6.07) is 8.45. The van der Waals surface area contributed by atoms with E-state index in [1.54, 1.807) is 0 Å². The molecule has 0 aliphatic heterocycles. The van der Waals surface area contributed by atoms with Gasteiger partial charge in [-0.3, -0.25) is 4.79 Å². The molecule has 0 N–H and O–H groups in total. The zero-order valence-corrected chi connectivity index (χ0v) is 28.2. The van der Waals surface area contributed by atoms with Gasteiger partial charge in [0.1, 0.15) is 19.0 Å². The van der Waals surface area contributed by atoms with Gasteiger partial charge in [0.05, 0.1) is 66.1 Å². The summed E-state index contributed by atoms with van der Waals surface area (Å²) < 4.78 is 38.5. The van der Waals surface area contributed by atoms with E-state index in [-0.39, 0.29) is 5.97 Å². The van der Waals surface area contributed by atoms with Gasteiger partial charge in [-0.05, 0) is 37.0 Å². The van der Waals surface area contributed by atoms with E-state index in [0.717, 1.165) is 25.0 Å². The predicted molar refractivity (Wildman–Crippen MR) is 177 cm³/mol. The molecule has 1 aromatic carbocycles. The van der Waals surface area contributed by atoms with Crippen molar-refractivity contribution in [1.82, 2.24) is 0 Å². The topological polar surface area (TPSA) is 81.7 Å². The van der Waals surface area contributed by atoms with E-state index in [1.807, 2.05) is 0 Å². The van der Waals surface area contributed by atoms with Crippen LogP contribution in [0, 0.1) is 0 Å². The van der Waals surface area contributed by atoms with Crippen molar-refractivity contribution in [3.05, 3.63) is 29.8 Å². The fourth-order valence-corrected chi connectivity index (χ4v) is 4.57. The maximum Gasteiger partial charge on any atom is 0.305 e. The second kappa shape index (κ2) is 32.7. The Morgan fingerprint density at radius 1 is 0.477 bits per heavy atom. The van der Waals surface area contributed by atoms with Crippen LogP contribution in [0.3, 0.4) is 0 Å². The summed E-state index contributed by atoms with van der Waals surface area (Å²) in [5, 5.41) is 0. The predicted octanol–water partition coefficient (Wildman–Crippen LogP) is 7.74. The van der Waals surface area contributed by atoms with Gasteiger partial charge >= 0.3 is 5.97 Å². The molecule has 0 amide bonds. The number of aryl methyl sites for hydroxylation is 1. The van der Waals surface area contributed by atoms with Crippen LogP contribution in [0.25, 0.3) is 0 Å². The van der Waals surface area contributed by atoms with E-state index in [0.29, 0.717) is 85.7 Å². The van der Waals surface area contributed by atoms with Gasteiger partial charge in [-0.2, -0.15) is 0 Å². The average Bonchev–Trinajstić information content (AvgIpc) is 3.04. The molecular formula is C36H64O8. The number of carbonyl (C=O) groups is 1. The molecule has 0 aromatic heterocycles. The van der Waals surface area contributed by atoms with Crippen LogP contribution >= 0.6 is 0 Å². The Kier molecular flexibility index (Phi) is 29.9. The summed E-state index contributed by atoms with van der Waals surface area (Å²) in [6.07, 6.45) is 18.0. The number of hydrogen-bond acceptors (Lipinski definition) is 8. The molecule has 1 rings (SSSR count). The third kappa shape index (κ3) is 27.8. The van der Waals surface area contributed by atoms with Crippen LogP contribution in [0.2, 0.25) is 0 Å². The highest BCUT2D eigenvalue weighted by Gasteiger charge is 2.03. The third-order valence-electron chi connectivity index (χ3n) is 7.20. The number of ether oxygens (including phenoxy) is 7. The lowest BCUT2D eigenvalue weighted by atomic mass is 10.0. The standard InChI is InChI=1S/C36H64O8/c1-3-5-7-9-11-12-14-16-34-18-20-35(21-19-34)43-32-30-41-28-26-39-24-22-38-23-25-40-27-29-42-31-33-44-36(37)17-15-13-10-8-6-4-2/h18-21H,3-17,22-33H2,1-2H3. The molecule has 256 valence electrons. The first-order valence-electron chi connectivity index (χ1n) is 17.5. The summed E-state index contributed by atoms with van der Waals surface area (Å²) >= 11 is 0. The molecule has 0 saturated heterocycles. The number of unbranched alkanes of at least 4 members (excludes halogenated alkanes) is 11. The molecule has 0 aliphatic carbocycles. The van der Waals surface area contributed by atoms with Gasteiger partial charge in [-0.15, -0.1) is 0 Å². The average molecular weight is 625 g/mol. The van der Waals surface area contributed by atoms with Crippen molar-refractivity contribution >= 4 is 5.97 Å². The highest BCUT2D eigenvalue weighted by atomic mass is 16.6. The molecule has 8 nitrogen and oxygen atoms in total. The van der Waals surface area contributed by atoms with Crippen molar-refractivity contribution in [3.63, 3.8) is 0 Å². The van der Waals surface area contributed by atoms with E-state index < -0.39 is 0 Å². The Morgan fingerprint density at radius 2 is 0.886 bits per heavy atom. The molecule has 44 heavy (non-hydrogen) atoms. The minimum Gasteiger partial charge on any atom is -0.491 e. The van der Waals surface area contributed by atoms with Crippen LogP contribution in [-0.2, 0) is 39.6 Å². The highest BCUT2D eigenvalue weighted by molar-refractivity contribution is 5.69. The van der Waals surface area contributed by atoms with Gasteiger partial charge in [0.2, 0.25) is 0 Å². The Morgan fingerprint density at radius 3 is 1.39 bits per heavy atom. The monoisotopic (exact) mass is 624 g/mol. The molecular weight excluding hydrogens is 560 g/mol. The van der Waals surface area contributed by atoms with Gasteiger partial charge in [-0.25, -0.2) is 0 Å². The highest BCUT2D eigenvalue weighted by Crippen LogP contribution is 2.15. The Bertz CT molecular complexity index is 727. The van der Waals surface area contributed by atoms with Crippen molar-refractivity contribution in [1.29, 1.82) is 0 Å². The smallest absolute Gasteiger partial charge is 0.305 e. The van der Waals surface area contributed by atoms with E-state index in [9.17, 15) is 4.79 Å². The second-order valence-electron chi connectivity index (χ2n) is 11.2. The molecule has 0 fully saturated rings. The zero-order valence-electron chi connectivity index (χ0n) is 28.2. The largest absolute Gasteiger partial charge is 0.491 e. The van der Waals surface area contributed by atoms with Gasteiger partial charge in [0.15, 0.2) is 0 Å². The zero-order chi connectivity index (χ0) is 31.6. The molecule has 0 saturated carbocycles. The first-order chi connectivity index (χ1) is 21.8. The number of rotatable bonds is 34. The lowest BCUT2D eigenvalue weighted by Crippen LogP contribution is -2.15. The molecule has 8 heteroatoms.